The molecule has 0 heterocycles. The van der Waals surface area contributed by atoms with Gasteiger partial charge in [0, 0.05) is 18.1 Å². The van der Waals surface area contributed by atoms with Crippen LogP contribution in [0.3, 0.4) is 0 Å². The van der Waals surface area contributed by atoms with Crippen molar-refractivity contribution < 1.29 is 4.57 Å². The Bertz CT molecular complexity index is 346. The number of para-hydroxylation sites is 1. The molecule has 0 amide bonds. The van der Waals surface area contributed by atoms with Gasteiger partial charge in [-0.05, 0) is 19.2 Å². The third kappa shape index (κ3) is 3.21. The normalized spacial score (nSPS) is 14.6. The summed E-state index contributed by atoms with van der Waals surface area (Å²) in [5.74, 6) is 0.373. The van der Waals surface area contributed by atoms with Gasteiger partial charge in [-0.15, -0.1) is 11.6 Å². The molecule has 3 N–H and O–H groups in total. The molecular formula is C9H15ClN3OP. The maximum Gasteiger partial charge on any atom is 0.303 e. The lowest BCUT2D eigenvalue weighted by atomic mass is 10.3. The van der Waals surface area contributed by atoms with Gasteiger partial charge < -0.3 is 0 Å². The zero-order valence-electron chi connectivity index (χ0n) is 8.56. The van der Waals surface area contributed by atoms with Crippen molar-refractivity contribution in [2.24, 2.45) is 5.50 Å². The fraction of sp³-hybridized carbons (Fsp3) is 0.333. The predicted molar refractivity (Wildman–Crippen MR) is 65.4 cm³/mol. The molecule has 0 radical (unpaired) electrons. The second-order valence-corrected chi connectivity index (χ2v) is 5.55. The molecule has 1 aromatic carbocycles. The molecule has 0 fully saturated rings. The molecule has 1 atom stereocenters. The molecule has 0 aliphatic heterocycles. The number of anilines is 1. The highest BCUT2D eigenvalue weighted by molar-refractivity contribution is 7.61. The van der Waals surface area contributed by atoms with Crippen molar-refractivity contribution in [2.75, 3.05) is 24.1 Å². The molecular weight excluding hydrogens is 233 g/mol. The number of nitrogens with zero attached hydrogens (tertiary/aromatic N) is 1. The predicted octanol–water partition coefficient (Wildman–Crippen LogP) is 2.02. The molecule has 0 saturated carbocycles. The van der Waals surface area contributed by atoms with Crippen LogP contribution < -0.4 is 15.3 Å². The van der Waals surface area contributed by atoms with Crippen molar-refractivity contribution in [2.45, 2.75) is 0 Å². The van der Waals surface area contributed by atoms with Crippen LogP contribution in [-0.2, 0) is 4.57 Å². The van der Waals surface area contributed by atoms with Crippen LogP contribution in [0, 0.1) is 0 Å². The van der Waals surface area contributed by atoms with E-state index in [9.17, 15) is 4.57 Å². The number of hydrogen-bond acceptors (Lipinski definition) is 1. The SMILES string of the molecule is CNP(N)(=O)N(CCCl)c1ccccc1. The van der Waals surface area contributed by atoms with Crippen LogP contribution in [0.2, 0.25) is 0 Å². The third-order valence-corrected chi connectivity index (χ3v) is 3.99. The van der Waals surface area contributed by atoms with E-state index >= 15 is 0 Å². The summed E-state index contributed by atoms with van der Waals surface area (Å²) >= 11 is 5.66. The zero-order chi connectivity index (χ0) is 11.3. The lowest BCUT2D eigenvalue weighted by Gasteiger charge is -2.29. The van der Waals surface area contributed by atoms with Crippen LogP contribution >= 0.6 is 19.2 Å². The Hall–Kier alpha value is -0.540. The summed E-state index contributed by atoms with van der Waals surface area (Å²) in [6.07, 6.45) is 0. The van der Waals surface area contributed by atoms with Crippen molar-refractivity contribution in [3.8, 4) is 0 Å². The number of hydrogen-bond donors (Lipinski definition) is 2. The van der Waals surface area contributed by atoms with Gasteiger partial charge in [-0.1, -0.05) is 18.2 Å². The summed E-state index contributed by atoms with van der Waals surface area (Å²) in [6.45, 7) is 0.445. The quantitative estimate of drug-likeness (QED) is 0.617. The van der Waals surface area contributed by atoms with Crippen LogP contribution in [0.4, 0.5) is 5.69 Å². The molecule has 4 nitrogen and oxygen atoms in total. The number of nitrogens with one attached hydrogen (secondary N) is 1. The lowest BCUT2D eigenvalue weighted by Crippen LogP contribution is -2.32. The van der Waals surface area contributed by atoms with E-state index in [2.05, 4.69) is 5.09 Å². The minimum Gasteiger partial charge on any atom is -0.298 e. The van der Waals surface area contributed by atoms with E-state index in [-0.39, 0.29) is 0 Å². The van der Waals surface area contributed by atoms with Crippen molar-refractivity contribution in [3.63, 3.8) is 0 Å². The van der Waals surface area contributed by atoms with Gasteiger partial charge in [0.25, 0.3) is 0 Å². The van der Waals surface area contributed by atoms with Crippen LogP contribution in [0.15, 0.2) is 30.3 Å². The number of benzene rings is 1. The van der Waals surface area contributed by atoms with E-state index in [1.807, 2.05) is 30.3 Å². The van der Waals surface area contributed by atoms with Gasteiger partial charge in [0.1, 0.15) is 0 Å². The second-order valence-electron chi connectivity index (χ2n) is 2.99. The highest BCUT2D eigenvalue weighted by atomic mass is 35.5. The van der Waals surface area contributed by atoms with Crippen molar-refractivity contribution >= 4 is 24.9 Å². The lowest BCUT2D eigenvalue weighted by molar-refractivity contribution is 0.566. The number of halogens is 1. The fourth-order valence-electron chi connectivity index (χ4n) is 1.25. The first kappa shape index (κ1) is 12.5. The smallest absolute Gasteiger partial charge is 0.298 e. The van der Waals surface area contributed by atoms with Crippen molar-refractivity contribution in [3.05, 3.63) is 30.3 Å². The average molecular weight is 248 g/mol. The zero-order valence-corrected chi connectivity index (χ0v) is 10.2. The number of alkyl halides is 1. The monoisotopic (exact) mass is 247 g/mol. The van der Waals surface area contributed by atoms with Gasteiger partial charge in [-0.2, -0.15) is 0 Å². The molecule has 0 aliphatic rings. The molecule has 0 bridgehead atoms. The highest BCUT2D eigenvalue weighted by Crippen LogP contribution is 2.39. The molecule has 1 rings (SSSR count). The minimum atomic E-state index is -3.02. The second kappa shape index (κ2) is 5.52. The Morgan fingerprint density at radius 1 is 1.47 bits per heavy atom. The Morgan fingerprint density at radius 2 is 2.07 bits per heavy atom. The standard InChI is InChI=1S/C9H15ClN3OP/c1-12-15(11,14)13(8-7-10)9-5-3-2-4-6-9/h2-6H,7-8H2,1H3,(H3,11,12,14). The van der Waals surface area contributed by atoms with Gasteiger partial charge in [0.15, 0.2) is 0 Å². The Labute approximate surface area is 94.9 Å². The van der Waals surface area contributed by atoms with Gasteiger partial charge in [-0.25, -0.2) is 5.09 Å². The van der Waals surface area contributed by atoms with E-state index in [1.54, 1.807) is 11.7 Å². The third-order valence-electron chi connectivity index (χ3n) is 2.03. The largest absolute Gasteiger partial charge is 0.303 e. The summed E-state index contributed by atoms with van der Waals surface area (Å²) in [5, 5.41) is 2.63. The minimum absolute atomic E-state index is 0.373. The summed E-state index contributed by atoms with van der Waals surface area (Å²) in [6, 6.07) is 9.33. The molecule has 6 heteroatoms. The van der Waals surface area contributed by atoms with Gasteiger partial charge in [0.2, 0.25) is 0 Å². The Kier molecular flexibility index (Phi) is 4.61. The Morgan fingerprint density at radius 3 is 2.53 bits per heavy atom. The summed E-state index contributed by atoms with van der Waals surface area (Å²) in [5.41, 5.74) is 6.49. The summed E-state index contributed by atoms with van der Waals surface area (Å²) in [4.78, 5) is 0. The van der Waals surface area contributed by atoms with E-state index in [4.69, 9.17) is 17.1 Å². The Balaban J connectivity index is 2.98. The number of rotatable bonds is 5. The first-order chi connectivity index (χ1) is 7.11. The molecule has 0 spiro atoms. The average Bonchev–Trinajstić information content (AvgIpc) is 2.27. The van der Waals surface area contributed by atoms with Crippen LogP contribution in [0.5, 0.6) is 0 Å². The van der Waals surface area contributed by atoms with Crippen LogP contribution in [0.25, 0.3) is 0 Å². The van der Waals surface area contributed by atoms with Crippen LogP contribution in [-0.4, -0.2) is 19.5 Å². The summed E-state index contributed by atoms with van der Waals surface area (Å²) in [7, 11) is -1.45. The molecule has 84 valence electrons. The van der Waals surface area contributed by atoms with Gasteiger partial charge in [0.05, 0.1) is 0 Å². The van der Waals surface area contributed by atoms with E-state index in [0.29, 0.717) is 12.4 Å². The fourth-order valence-corrected chi connectivity index (χ4v) is 2.65. The van der Waals surface area contributed by atoms with Crippen molar-refractivity contribution in [1.82, 2.24) is 5.09 Å². The van der Waals surface area contributed by atoms with Gasteiger partial charge >= 0.3 is 7.59 Å². The van der Waals surface area contributed by atoms with E-state index in [0.717, 1.165) is 5.69 Å². The maximum absolute atomic E-state index is 12.0. The molecule has 0 aliphatic carbocycles. The van der Waals surface area contributed by atoms with Crippen molar-refractivity contribution in [1.29, 1.82) is 0 Å². The first-order valence-electron chi connectivity index (χ1n) is 4.58. The molecule has 0 saturated heterocycles. The summed E-state index contributed by atoms with van der Waals surface area (Å²) < 4.78 is 13.6. The number of nitrogens with two attached hydrogens (primary N) is 1. The molecule has 15 heavy (non-hydrogen) atoms. The maximum atomic E-state index is 12.0. The van der Waals surface area contributed by atoms with E-state index < -0.39 is 7.59 Å². The van der Waals surface area contributed by atoms with Gasteiger partial charge in [-0.3, -0.25) is 14.7 Å². The first-order valence-corrected chi connectivity index (χ1v) is 6.85. The van der Waals surface area contributed by atoms with Crippen LogP contribution in [0.1, 0.15) is 0 Å². The molecule has 0 aromatic heterocycles. The topological polar surface area (TPSA) is 58.4 Å². The molecule has 1 unspecified atom stereocenters. The molecule has 1 aromatic rings. The highest BCUT2D eigenvalue weighted by Gasteiger charge is 2.23. The van der Waals surface area contributed by atoms with E-state index in [1.165, 1.54) is 0 Å².